The van der Waals surface area contributed by atoms with E-state index in [4.69, 9.17) is 17.3 Å². The van der Waals surface area contributed by atoms with Gasteiger partial charge in [0.05, 0.1) is 5.02 Å². The van der Waals surface area contributed by atoms with E-state index in [9.17, 15) is 0 Å². The Bertz CT molecular complexity index is 322. The summed E-state index contributed by atoms with van der Waals surface area (Å²) in [6.07, 6.45) is 3.99. The third-order valence-corrected chi connectivity index (χ3v) is 2.68. The lowest BCUT2D eigenvalue weighted by atomic mass is 10.2. The van der Waals surface area contributed by atoms with Crippen molar-refractivity contribution in [3.63, 3.8) is 0 Å². The fourth-order valence-corrected chi connectivity index (χ4v) is 1.99. The highest BCUT2D eigenvalue weighted by Gasteiger charge is 2.10. The fourth-order valence-electron chi connectivity index (χ4n) is 1.68. The van der Waals surface area contributed by atoms with Crippen LogP contribution in [0.25, 0.3) is 0 Å². The molecule has 0 fully saturated rings. The minimum absolute atomic E-state index is 0.481. The van der Waals surface area contributed by atoms with E-state index in [2.05, 4.69) is 23.7 Å². The lowest BCUT2D eigenvalue weighted by Gasteiger charge is -2.23. The first-order chi connectivity index (χ1) is 7.72. The Balaban J connectivity index is 2.90. The van der Waals surface area contributed by atoms with Crippen molar-refractivity contribution in [2.45, 2.75) is 33.2 Å². The molecule has 90 valence electrons. The number of hydrogen-bond donors (Lipinski definition) is 1. The Morgan fingerprint density at radius 1 is 1.31 bits per heavy atom. The third-order valence-electron chi connectivity index (χ3n) is 2.40. The molecule has 1 heterocycles. The average Bonchev–Trinajstić information content (AvgIpc) is 2.29. The predicted octanol–water partition coefficient (Wildman–Crippen LogP) is 2.82. The predicted molar refractivity (Wildman–Crippen MR) is 69.9 cm³/mol. The number of rotatable bonds is 6. The minimum Gasteiger partial charge on any atom is -0.355 e. The van der Waals surface area contributed by atoms with Crippen molar-refractivity contribution >= 4 is 17.4 Å². The number of nitrogens with zero attached hydrogens (tertiary/aromatic N) is 2. The highest BCUT2D eigenvalue weighted by molar-refractivity contribution is 6.33. The first-order valence-electron chi connectivity index (χ1n) is 5.82. The normalized spacial score (nSPS) is 10.5. The first-order valence-corrected chi connectivity index (χ1v) is 6.20. The highest BCUT2D eigenvalue weighted by atomic mass is 35.5. The van der Waals surface area contributed by atoms with Crippen LogP contribution in [-0.4, -0.2) is 18.1 Å². The molecule has 2 N–H and O–H groups in total. The van der Waals surface area contributed by atoms with E-state index in [0.717, 1.165) is 37.3 Å². The molecule has 4 heteroatoms. The SMILES string of the molecule is CCCN(CCC)c1ncc(CN)cc1Cl. The van der Waals surface area contributed by atoms with Crippen LogP contribution in [0.5, 0.6) is 0 Å². The summed E-state index contributed by atoms with van der Waals surface area (Å²) in [4.78, 5) is 6.63. The largest absolute Gasteiger partial charge is 0.355 e. The van der Waals surface area contributed by atoms with Crippen LogP contribution >= 0.6 is 11.6 Å². The van der Waals surface area contributed by atoms with Crippen LogP contribution in [0.1, 0.15) is 32.3 Å². The topological polar surface area (TPSA) is 42.2 Å². The van der Waals surface area contributed by atoms with Gasteiger partial charge in [0.15, 0.2) is 0 Å². The van der Waals surface area contributed by atoms with Crippen LogP contribution in [0.3, 0.4) is 0 Å². The quantitative estimate of drug-likeness (QED) is 0.833. The van der Waals surface area contributed by atoms with E-state index in [1.54, 1.807) is 6.20 Å². The Morgan fingerprint density at radius 3 is 2.38 bits per heavy atom. The molecule has 0 spiro atoms. The number of pyridine rings is 1. The lowest BCUT2D eigenvalue weighted by Crippen LogP contribution is -2.26. The number of halogens is 1. The van der Waals surface area contributed by atoms with E-state index < -0.39 is 0 Å². The van der Waals surface area contributed by atoms with E-state index in [1.807, 2.05) is 6.07 Å². The van der Waals surface area contributed by atoms with E-state index in [0.29, 0.717) is 11.6 Å². The van der Waals surface area contributed by atoms with Gasteiger partial charge in [0, 0.05) is 25.8 Å². The molecule has 3 nitrogen and oxygen atoms in total. The third kappa shape index (κ3) is 3.35. The highest BCUT2D eigenvalue weighted by Crippen LogP contribution is 2.24. The molecule has 0 unspecified atom stereocenters. The molecule has 0 aromatic carbocycles. The molecule has 0 bridgehead atoms. The van der Waals surface area contributed by atoms with Gasteiger partial charge in [0.2, 0.25) is 0 Å². The van der Waals surface area contributed by atoms with Crippen molar-refractivity contribution in [1.29, 1.82) is 0 Å². The maximum absolute atomic E-state index is 6.21. The fraction of sp³-hybridized carbons (Fsp3) is 0.583. The van der Waals surface area contributed by atoms with Crippen molar-refractivity contribution in [2.24, 2.45) is 5.73 Å². The molecule has 1 aromatic heterocycles. The van der Waals surface area contributed by atoms with Gasteiger partial charge in [-0.05, 0) is 24.5 Å². The zero-order valence-electron chi connectivity index (χ0n) is 10.0. The van der Waals surface area contributed by atoms with Crippen LogP contribution in [0, 0.1) is 0 Å². The van der Waals surface area contributed by atoms with Crippen molar-refractivity contribution in [2.75, 3.05) is 18.0 Å². The maximum Gasteiger partial charge on any atom is 0.147 e. The summed E-state index contributed by atoms with van der Waals surface area (Å²) < 4.78 is 0. The molecular formula is C12H20ClN3. The molecule has 0 aliphatic rings. The summed E-state index contributed by atoms with van der Waals surface area (Å²) in [5.74, 6) is 0.877. The van der Waals surface area contributed by atoms with Gasteiger partial charge in [-0.3, -0.25) is 0 Å². The molecule has 0 radical (unpaired) electrons. The van der Waals surface area contributed by atoms with Gasteiger partial charge in [-0.15, -0.1) is 0 Å². The van der Waals surface area contributed by atoms with Crippen LogP contribution in [0.4, 0.5) is 5.82 Å². The summed E-state index contributed by atoms with van der Waals surface area (Å²) in [6.45, 7) is 6.77. The van der Waals surface area contributed by atoms with Gasteiger partial charge in [-0.2, -0.15) is 0 Å². The van der Waals surface area contributed by atoms with Crippen LogP contribution in [0.2, 0.25) is 5.02 Å². The second-order valence-electron chi connectivity index (χ2n) is 3.84. The monoisotopic (exact) mass is 241 g/mol. The Labute approximate surface area is 103 Å². The summed E-state index contributed by atoms with van der Waals surface area (Å²) in [5, 5.41) is 0.699. The molecular weight excluding hydrogens is 222 g/mol. The van der Waals surface area contributed by atoms with Crippen LogP contribution in [-0.2, 0) is 6.54 Å². The van der Waals surface area contributed by atoms with Crippen LogP contribution < -0.4 is 10.6 Å². The summed E-state index contributed by atoms with van der Waals surface area (Å²) >= 11 is 6.21. The molecule has 0 aliphatic heterocycles. The Kier molecular flexibility index (Phi) is 5.56. The smallest absolute Gasteiger partial charge is 0.147 e. The van der Waals surface area contributed by atoms with E-state index in [1.165, 1.54) is 0 Å². The Hall–Kier alpha value is -0.800. The van der Waals surface area contributed by atoms with E-state index >= 15 is 0 Å². The van der Waals surface area contributed by atoms with Crippen molar-refractivity contribution in [3.05, 3.63) is 22.8 Å². The zero-order chi connectivity index (χ0) is 12.0. The number of aromatic nitrogens is 1. The molecule has 0 aliphatic carbocycles. The number of anilines is 1. The van der Waals surface area contributed by atoms with Crippen molar-refractivity contribution in [3.8, 4) is 0 Å². The second kappa shape index (κ2) is 6.71. The number of hydrogen-bond acceptors (Lipinski definition) is 3. The molecule has 1 aromatic rings. The van der Waals surface area contributed by atoms with E-state index in [-0.39, 0.29) is 0 Å². The van der Waals surface area contributed by atoms with Gasteiger partial charge in [0.25, 0.3) is 0 Å². The van der Waals surface area contributed by atoms with Gasteiger partial charge in [-0.1, -0.05) is 25.4 Å². The van der Waals surface area contributed by atoms with Crippen LogP contribution in [0.15, 0.2) is 12.3 Å². The molecule has 0 saturated heterocycles. The Morgan fingerprint density at radius 2 is 1.94 bits per heavy atom. The minimum atomic E-state index is 0.481. The first kappa shape index (κ1) is 13.3. The molecule has 0 saturated carbocycles. The molecule has 0 amide bonds. The lowest BCUT2D eigenvalue weighted by molar-refractivity contribution is 0.733. The maximum atomic E-state index is 6.21. The van der Waals surface area contributed by atoms with Gasteiger partial charge in [0.1, 0.15) is 5.82 Å². The van der Waals surface area contributed by atoms with Gasteiger partial charge in [-0.25, -0.2) is 4.98 Å². The van der Waals surface area contributed by atoms with Crippen molar-refractivity contribution < 1.29 is 0 Å². The summed E-state index contributed by atoms with van der Waals surface area (Å²) in [5.41, 5.74) is 6.52. The van der Waals surface area contributed by atoms with Gasteiger partial charge < -0.3 is 10.6 Å². The molecule has 1 rings (SSSR count). The second-order valence-corrected chi connectivity index (χ2v) is 4.25. The number of nitrogens with two attached hydrogens (primary N) is 1. The molecule has 16 heavy (non-hydrogen) atoms. The van der Waals surface area contributed by atoms with Crippen molar-refractivity contribution in [1.82, 2.24) is 4.98 Å². The molecule has 0 atom stereocenters. The zero-order valence-corrected chi connectivity index (χ0v) is 10.8. The summed E-state index contributed by atoms with van der Waals surface area (Å²) in [7, 11) is 0. The summed E-state index contributed by atoms with van der Waals surface area (Å²) in [6, 6.07) is 1.90. The standard InChI is InChI=1S/C12H20ClN3/c1-3-5-16(6-4-2)12-11(13)7-10(8-14)9-15-12/h7,9H,3-6,8,14H2,1-2H3. The average molecular weight is 242 g/mol. The van der Waals surface area contributed by atoms with Gasteiger partial charge >= 0.3 is 0 Å².